The Morgan fingerprint density at radius 3 is 2.29 bits per heavy atom. The zero-order valence-corrected chi connectivity index (χ0v) is 19.6. The van der Waals surface area contributed by atoms with Crippen LogP contribution >= 0.6 is 0 Å². The molecule has 0 heterocycles. The summed E-state index contributed by atoms with van der Waals surface area (Å²) in [6.07, 6.45) is 0. The van der Waals surface area contributed by atoms with Crippen molar-refractivity contribution in [1.29, 1.82) is 0 Å². The predicted molar refractivity (Wildman–Crippen MR) is 122 cm³/mol. The third kappa shape index (κ3) is 7.02. The van der Waals surface area contributed by atoms with Crippen LogP contribution in [0.2, 0.25) is 0 Å². The number of carbonyl (C=O) groups is 2. The smallest absolute Gasteiger partial charge is 0.261 e. The van der Waals surface area contributed by atoms with Crippen LogP contribution in [0.5, 0.6) is 11.5 Å². The fourth-order valence-electron chi connectivity index (χ4n) is 3.09. The third-order valence-corrected chi connectivity index (χ3v) is 5.08. The number of carbonyl (C=O) groups excluding carboxylic acids is 2. The minimum absolute atomic E-state index is 0.145. The summed E-state index contributed by atoms with van der Waals surface area (Å²) in [7, 11) is 1.61. The molecule has 2 aromatic carbocycles. The molecule has 0 saturated heterocycles. The molecule has 0 aliphatic rings. The molecule has 0 aliphatic carbocycles. The van der Waals surface area contributed by atoms with Crippen LogP contribution in [-0.2, 0) is 16.1 Å². The highest BCUT2D eigenvalue weighted by atomic mass is 16.5. The van der Waals surface area contributed by atoms with Gasteiger partial charge in [-0.25, -0.2) is 0 Å². The molecule has 0 aromatic heterocycles. The summed E-state index contributed by atoms with van der Waals surface area (Å²) < 4.78 is 11.0. The molecule has 0 spiro atoms. The van der Waals surface area contributed by atoms with E-state index < -0.39 is 11.6 Å². The van der Waals surface area contributed by atoms with Gasteiger partial charge in [-0.2, -0.15) is 0 Å². The number of hydrogen-bond acceptors (Lipinski definition) is 4. The van der Waals surface area contributed by atoms with Gasteiger partial charge < -0.3 is 19.7 Å². The van der Waals surface area contributed by atoms with Gasteiger partial charge in [0.25, 0.3) is 5.91 Å². The quantitative estimate of drug-likeness (QED) is 0.692. The van der Waals surface area contributed by atoms with Crippen molar-refractivity contribution in [3.8, 4) is 11.5 Å². The first-order valence-corrected chi connectivity index (χ1v) is 10.4. The molecule has 0 saturated carbocycles. The number of ether oxygens (including phenoxy) is 2. The van der Waals surface area contributed by atoms with E-state index >= 15 is 0 Å². The lowest BCUT2D eigenvalue weighted by Gasteiger charge is -2.31. The molecule has 0 aliphatic heterocycles. The Morgan fingerprint density at radius 2 is 1.71 bits per heavy atom. The molecule has 0 unspecified atom stereocenters. The molecule has 2 aromatic rings. The Hall–Kier alpha value is -3.02. The molecule has 168 valence electrons. The van der Waals surface area contributed by atoms with Gasteiger partial charge in [0.05, 0.1) is 7.11 Å². The van der Waals surface area contributed by atoms with Gasteiger partial charge in [0.15, 0.2) is 6.61 Å². The summed E-state index contributed by atoms with van der Waals surface area (Å²) in [6, 6.07) is 12.5. The molecule has 0 radical (unpaired) electrons. The lowest BCUT2D eigenvalue weighted by molar-refractivity contribution is -0.142. The van der Waals surface area contributed by atoms with Crippen molar-refractivity contribution in [1.82, 2.24) is 10.2 Å². The van der Waals surface area contributed by atoms with Gasteiger partial charge in [-0.15, -0.1) is 0 Å². The van der Waals surface area contributed by atoms with Crippen molar-refractivity contribution >= 4 is 11.8 Å². The molecular weight excluding hydrogens is 392 g/mol. The van der Waals surface area contributed by atoms with Gasteiger partial charge in [0, 0.05) is 12.1 Å². The summed E-state index contributed by atoms with van der Waals surface area (Å²) in [6.45, 7) is 11.6. The van der Waals surface area contributed by atoms with E-state index in [4.69, 9.17) is 9.47 Å². The molecular formula is C25H34N2O4. The fraction of sp³-hybridized carbons (Fsp3) is 0.440. The molecule has 2 rings (SSSR count). The van der Waals surface area contributed by atoms with Crippen LogP contribution in [0.3, 0.4) is 0 Å². The van der Waals surface area contributed by atoms with E-state index in [2.05, 4.69) is 5.32 Å². The maximum atomic E-state index is 13.1. The Balaban J connectivity index is 2.20. The lowest BCUT2D eigenvalue weighted by atomic mass is 10.1. The van der Waals surface area contributed by atoms with Gasteiger partial charge in [0.1, 0.15) is 17.5 Å². The summed E-state index contributed by atoms with van der Waals surface area (Å²) in [5, 5.41) is 2.96. The molecule has 0 fully saturated rings. The molecule has 1 N–H and O–H groups in total. The average Bonchev–Trinajstić information content (AvgIpc) is 2.71. The maximum Gasteiger partial charge on any atom is 0.261 e. The summed E-state index contributed by atoms with van der Waals surface area (Å²) in [5.74, 6) is 0.942. The van der Waals surface area contributed by atoms with E-state index in [0.717, 1.165) is 22.4 Å². The highest BCUT2D eigenvalue weighted by Crippen LogP contribution is 2.21. The van der Waals surface area contributed by atoms with Gasteiger partial charge in [-0.05, 0) is 76.4 Å². The molecule has 0 bridgehead atoms. The topological polar surface area (TPSA) is 67.9 Å². The van der Waals surface area contributed by atoms with Crippen LogP contribution < -0.4 is 14.8 Å². The van der Waals surface area contributed by atoms with Crippen LogP contribution in [-0.4, -0.2) is 42.0 Å². The van der Waals surface area contributed by atoms with Crippen molar-refractivity contribution in [3.63, 3.8) is 0 Å². The number of nitrogens with zero attached hydrogens (tertiary/aromatic N) is 1. The first-order chi connectivity index (χ1) is 14.5. The second-order valence-electron chi connectivity index (χ2n) is 8.77. The first-order valence-electron chi connectivity index (χ1n) is 10.4. The Bertz CT molecular complexity index is 901. The fourth-order valence-corrected chi connectivity index (χ4v) is 3.09. The van der Waals surface area contributed by atoms with Crippen LogP contribution in [0, 0.1) is 13.8 Å². The molecule has 1 atom stereocenters. The zero-order chi connectivity index (χ0) is 23.2. The van der Waals surface area contributed by atoms with Crippen molar-refractivity contribution in [2.75, 3.05) is 13.7 Å². The number of methoxy groups -OCH3 is 1. The van der Waals surface area contributed by atoms with Gasteiger partial charge in [0.2, 0.25) is 5.91 Å². The Morgan fingerprint density at radius 1 is 1.06 bits per heavy atom. The Labute approximate surface area is 185 Å². The second-order valence-corrected chi connectivity index (χ2v) is 8.77. The monoisotopic (exact) mass is 426 g/mol. The molecule has 6 nitrogen and oxygen atoms in total. The second kappa shape index (κ2) is 10.3. The summed E-state index contributed by atoms with van der Waals surface area (Å²) >= 11 is 0. The van der Waals surface area contributed by atoms with Crippen LogP contribution in [0.15, 0.2) is 42.5 Å². The van der Waals surface area contributed by atoms with Crippen molar-refractivity contribution in [3.05, 3.63) is 59.2 Å². The van der Waals surface area contributed by atoms with Crippen molar-refractivity contribution < 1.29 is 19.1 Å². The van der Waals surface area contributed by atoms with Crippen LogP contribution in [0.4, 0.5) is 0 Å². The summed E-state index contributed by atoms with van der Waals surface area (Å²) in [4.78, 5) is 27.5. The summed E-state index contributed by atoms with van der Waals surface area (Å²) in [5.41, 5.74) is 2.60. The van der Waals surface area contributed by atoms with E-state index in [9.17, 15) is 9.59 Å². The highest BCUT2D eigenvalue weighted by molar-refractivity contribution is 5.88. The predicted octanol–water partition coefficient (Wildman–Crippen LogP) is 4.02. The van der Waals surface area contributed by atoms with Gasteiger partial charge >= 0.3 is 0 Å². The minimum Gasteiger partial charge on any atom is -0.497 e. The molecule has 31 heavy (non-hydrogen) atoms. The van der Waals surface area contributed by atoms with E-state index in [1.165, 1.54) is 0 Å². The van der Waals surface area contributed by atoms with Crippen molar-refractivity contribution in [2.24, 2.45) is 0 Å². The van der Waals surface area contributed by atoms with Gasteiger partial charge in [-0.1, -0.05) is 24.3 Å². The first kappa shape index (κ1) is 24.3. The SMILES string of the molecule is COc1ccc(CN(C(=O)COc2cccc(C)c2C)[C@H](C)C(=O)NC(C)(C)C)cc1. The zero-order valence-electron chi connectivity index (χ0n) is 19.6. The van der Waals surface area contributed by atoms with Gasteiger partial charge in [-0.3, -0.25) is 9.59 Å². The standard InChI is InChI=1S/C25H34N2O4/c1-17-9-8-10-22(18(17)2)31-16-23(28)27(19(3)24(29)26-25(4,5)6)15-20-11-13-21(30-7)14-12-20/h8-14,19H,15-16H2,1-7H3,(H,26,29)/t19-/m1/s1. The van der Waals surface area contributed by atoms with Crippen LogP contribution in [0.25, 0.3) is 0 Å². The average molecular weight is 427 g/mol. The molecule has 2 amide bonds. The van der Waals surface area contributed by atoms with E-state index in [1.54, 1.807) is 18.9 Å². The number of amides is 2. The highest BCUT2D eigenvalue weighted by Gasteiger charge is 2.28. The van der Waals surface area contributed by atoms with E-state index in [0.29, 0.717) is 5.75 Å². The Kier molecular flexibility index (Phi) is 8.08. The largest absolute Gasteiger partial charge is 0.497 e. The maximum absolute atomic E-state index is 13.1. The number of rotatable bonds is 8. The lowest BCUT2D eigenvalue weighted by Crippen LogP contribution is -2.53. The normalized spacial score (nSPS) is 12.1. The molecule has 6 heteroatoms. The number of hydrogen-bond donors (Lipinski definition) is 1. The number of benzene rings is 2. The third-order valence-electron chi connectivity index (χ3n) is 5.08. The van der Waals surface area contributed by atoms with Crippen molar-refractivity contribution in [2.45, 2.75) is 59.7 Å². The van der Waals surface area contributed by atoms with Crippen LogP contribution in [0.1, 0.15) is 44.4 Å². The van der Waals surface area contributed by atoms with E-state index in [1.807, 2.05) is 77.1 Å². The van der Waals surface area contributed by atoms with E-state index in [-0.39, 0.29) is 25.0 Å². The number of nitrogens with one attached hydrogen (secondary N) is 1. The number of aryl methyl sites for hydroxylation is 1. The minimum atomic E-state index is -0.656.